The molecule has 0 aliphatic carbocycles. The first-order chi connectivity index (χ1) is 15.3. The van der Waals surface area contributed by atoms with Crippen LogP contribution in [-0.2, 0) is 20.7 Å². The molecule has 1 atom stereocenters. The molecule has 3 rings (SSSR count). The first-order valence-corrected chi connectivity index (χ1v) is 10.1. The molecule has 32 heavy (non-hydrogen) atoms. The summed E-state index contributed by atoms with van der Waals surface area (Å²) < 4.78 is 6.90. The molecule has 0 unspecified atom stereocenters. The van der Waals surface area contributed by atoms with Crippen LogP contribution in [0.25, 0.3) is 5.69 Å². The van der Waals surface area contributed by atoms with Crippen molar-refractivity contribution in [3.63, 3.8) is 0 Å². The van der Waals surface area contributed by atoms with Gasteiger partial charge in [-0.1, -0.05) is 36.4 Å². The number of nitrogens with one attached hydrogen (secondary N) is 1. The fourth-order valence-corrected chi connectivity index (χ4v) is 3.59. The van der Waals surface area contributed by atoms with Crippen LogP contribution in [0.15, 0.2) is 54.6 Å². The summed E-state index contributed by atoms with van der Waals surface area (Å²) >= 11 is 0. The molecule has 0 saturated heterocycles. The third-order valence-corrected chi connectivity index (χ3v) is 5.00. The minimum Gasteiger partial charge on any atom is -0.464 e. The van der Waals surface area contributed by atoms with E-state index in [1.165, 1.54) is 18.2 Å². The molecule has 0 fully saturated rings. The zero-order valence-electron chi connectivity index (χ0n) is 18.1. The highest BCUT2D eigenvalue weighted by Crippen LogP contribution is 2.26. The van der Waals surface area contributed by atoms with Gasteiger partial charge >= 0.3 is 5.97 Å². The van der Waals surface area contributed by atoms with E-state index in [-0.39, 0.29) is 24.3 Å². The fourth-order valence-electron chi connectivity index (χ4n) is 3.59. The maximum absolute atomic E-state index is 12.8. The molecule has 1 N–H and O–H groups in total. The quantitative estimate of drug-likeness (QED) is 0.329. The van der Waals surface area contributed by atoms with E-state index < -0.39 is 22.8 Å². The SMILES string of the molecule is CCOC(=O)[C@@H](NC(=O)Cc1ccccc1[N+](=O)[O-])c1c(C)nn(-c2ccccc2)c1C. The molecular weight excluding hydrogens is 412 g/mol. The van der Waals surface area contributed by atoms with Gasteiger partial charge in [-0.15, -0.1) is 0 Å². The lowest BCUT2D eigenvalue weighted by molar-refractivity contribution is -0.385. The van der Waals surface area contributed by atoms with Crippen LogP contribution in [0.5, 0.6) is 0 Å². The van der Waals surface area contributed by atoms with Gasteiger partial charge in [-0.25, -0.2) is 9.48 Å². The van der Waals surface area contributed by atoms with Gasteiger partial charge in [-0.05, 0) is 32.9 Å². The van der Waals surface area contributed by atoms with E-state index in [1.807, 2.05) is 37.3 Å². The van der Waals surface area contributed by atoms with Crippen LogP contribution in [0, 0.1) is 24.0 Å². The zero-order valence-corrected chi connectivity index (χ0v) is 18.1. The number of ether oxygens (including phenoxy) is 1. The van der Waals surface area contributed by atoms with E-state index in [4.69, 9.17) is 4.74 Å². The minimum atomic E-state index is -1.09. The molecule has 9 nitrogen and oxygen atoms in total. The topological polar surface area (TPSA) is 116 Å². The number of nitro groups is 1. The molecule has 0 aliphatic rings. The second kappa shape index (κ2) is 9.86. The van der Waals surface area contributed by atoms with Crippen molar-refractivity contribution in [1.82, 2.24) is 15.1 Å². The first kappa shape index (κ1) is 22.7. The highest BCUT2D eigenvalue weighted by molar-refractivity contribution is 5.87. The number of carbonyl (C=O) groups excluding carboxylic acids is 2. The summed E-state index contributed by atoms with van der Waals surface area (Å²) in [6.45, 7) is 5.38. The average Bonchev–Trinajstić information content (AvgIpc) is 3.07. The third-order valence-electron chi connectivity index (χ3n) is 5.00. The highest BCUT2D eigenvalue weighted by Gasteiger charge is 2.31. The van der Waals surface area contributed by atoms with Gasteiger partial charge in [0.05, 0.1) is 29.3 Å². The summed E-state index contributed by atoms with van der Waals surface area (Å²) in [5.74, 6) is -1.16. The van der Waals surface area contributed by atoms with Crippen LogP contribution >= 0.6 is 0 Å². The Morgan fingerprint density at radius 1 is 1.12 bits per heavy atom. The predicted molar refractivity (Wildman–Crippen MR) is 117 cm³/mol. The van der Waals surface area contributed by atoms with E-state index in [2.05, 4.69) is 10.4 Å². The van der Waals surface area contributed by atoms with Gasteiger partial charge in [0.2, 0.25) is 5.91 Å². The molecule has 9 heteroatoms. The van der Waals surface area contributed by atoms with E-state index >= 15 is 0 Å². The number of para-hydroxylation sites is 2. The summed E-state index contributed by atoms with van der Waals surface area (Å²) in [4.78, 5) is 36.3. The van der Waals surface area contributed by atoms with Crippen molar-refractivity contribution in [3.05, 3.63) is 87.2 Å². The van der Waals surface area contributed by atoms with E-state index in [9.17, 15) is 19.7 Å². The summed E-state index contributed by atoms with van der Waals surface area (Å²) in [6.07, 6.45) is -0.252. The third kappa shape index (κ3) is 4.83. The predicted octanol–water partition coefficient (Wildman–Crippen LogP) is 3.36. The average molecular weight is 436 g/mol. The van der Waals surface area contributed by atoms with Gasteiger partial charge in [0.25, 0.3) is 5.69 Å². The van der Waals surface area contributed by atoms with Crippen molar-refractivity contribution in [2.24, 2.45) is 0 Å². The zero-order chi connectivity index (χ0) is 23.3. The number of nitro benzene ring substituents is 1. The Balaban J connectivity index is 1.94. The minimum absolute atomic E-state index is 0.139. The van der Waals surface area contributed by atoms with Crippen LogP contribution in [0.4, 0.5) is 5.69 Å². The Morgan fingerprint density at radius 2 is 1.78 bits per heavy atom. The molecule has 0 saturated carbocycles. The normalized spacial score (nSPS) is 11.6. The van der Waals surface area contributed by atoms with Crippen molar-refractivity contribution in [2.45, 2.75) is 33.2 Å². The van der Waals surface area contributed by atoms with Crippen LogP contribution < -0.4 is 5.32 Å². The molecule has 2 aromatic carbocycles. The number of nitrogens with zero attached hydrogens (tertiary/aromatic N) is 3. The van der Waals surface area contributed by atoms with Crippen LogP contribution in [-0.4, -0.2) is 33.2 Å². The molecule has 0 spiro atoms. The number of amides is 1. The molecule has 0 radical (unpaired) electrons. The van der Waals surface area contributed by atoms with E-state index in [1.54, 1.807) is 24.6 Å². The first-order valence-electron chi connectivity index (χ1n) is 10.1. The molecular formula is C23H24N4O5. The summed E-state index contributed by atoms with van der Waals surface area (Å²) in [5, 5.41) is 18.5. The lowest BCUT2D eigenvalue weighted by Gasteiger charge is -2.18. The van der Waals surface area contributed by atoms with Crippen molar-refractivity contribution in [2.75, 3.05) is 6.61 Å². The molecule has 0 bridgehead atoms. The maximum atomic E-state index is 12.8. The maximum Gasteiger partial charge on any atom is 0.333 e. The number of carbonyl (C=O) groups is 2. The highest BCUT2D eigenvalue weighted by atomic mass is 16.6. The number of rotatable bonds is 8. The second-order valence-corrected chi connectivity index (χ2v) is 7.15. The number of esters is 1. The van der Waals surface area contributed by atoms with Crippen molar-refractivity contribution < 1.29 is 19.2 Å². The van der Waals surface area contributed by atoms with Gasteiger partial charge < -0.3 is 10.1 Å². The molecule has 3 aromatic rings. The number of hydrogen-bond donors (Lipinski definition) is 1. The fraction of sp³-hybridized carbons (Fsp3) is 0.261. The molecule has 0 aliphatic heterocycles. The van der Waals surface area contributed by atoms with Gasteiger partial charge in [0.1, 0.15) is 0 Å². The number of benzene rings is 2. The van der Waals surface area contributed by atoms with E-state index in [0.29, 0.717) is 17.0 Å². The number of hydrogen-bond acceptors (Lipinski definition) is 6. The summed E-state index contributed by atoms with van der Waals surface area (Å²) in [6, 6.07) is 14.3. The van der Waals surface area contributed by atoms with Crippen LogP contribution in [0.1, 0.15) is 35.5 Å². The Labute approximate surface area is 185 Å². The Hall–Kier alpha value is -4.01. The molecule has 1 heterocycles. The molecule has 166 valence electrons. The van der Waals surface area contributed by atoms with E-state index in [0.717, 1.165) is 5.69 Å². The monoisotopic (exact) mass is 436 g/mol. The molecule has 1 amide bonds. The van der Waals surface area contributed by atoms with Crippen molar-refractivity contribution in [1.29, 1.82) is 0 Å². The second-order valence-electron chi connectivity index (χ2n) is 7.15. The smallest absolute Gasteiger partial charge is 0.333 e. The summed E-state index contributed by atoms with van der Waals surface area (Å²) in [5.41, 5.74) is 2.69. The lowest BCUT2D eigenvalue weighted by atomic mass is 10.0. The van der Waals surface area contributed by atoms with Crippen LogP contribution in [0.3, 0.4) is 0 Å². The molecule has 1 aromatic heterocycles. The number of aryl methyl sites for hydroxylation is 1. The standard InChI is InChI=1S/C23H24N4O5/c1-4-32-23(29)22(24-20(28)14-17-10-8-9-13-19(17)27(30)31)21-15(2)25-26(16(21)3)18-11-6-5-7-12-18/h5-13,22H,4,14H2,1-3H3,(H,24,28)/t22-/m0/s1. The Bertz CT molecular complexity index is 1140. The largest absolute Gasteiger partial charge is 0.464 e. The van der Waals surface area contributed by atoms with Gasteiger partial charge in [0, 0.05) is 22.9 Å². The van der Waals surface area contributed by atoms with Crippen molar-refractivity contribution >= 4 is 17.6 Å². The Morgan fingerprint density at radius 3 is 2.44 bits per heavy atom. The number of aromatic nitrogens is 2. The Kier molecular flexibility index (Phi) is 6.99. The van der Waals surface area contributed by atoms with Crippen molar-refractivity contribution in [3.8, 4) is 5.69 Å². The summed E-state index contributed by atoms with van der Waals surface area (Å²) in [7, 11) is 0. The van der Waals surface area contributed by atoms with Gasteiger partial charge in [-0.2, -0.15) is 5.10 Å². The van der Waals surface area contributed by atoms with Crippen LogP contribution in [0.2, 0.25) is 0 Å². The lowest BCUT2D eigenvalue weighted by Crippen LogP contribution is -2.36. The van der Waals surface area contributed by atoms with Gasteiger partial charge in [-0.3, -0.25) is 14.9 Å². The van der Waals surface area contributed by atoms with Gasteiger partial charge in [0.15, 0.2) is 6.04 Å².